The minimum atomic E-state index is 0.128. The molecule has 1 heterocycles. The first-order valence-corrected chi connectivity index (χ1v) is 10.6. The number of piperazine rings is 1. The van der Waals surface area contributed by atoms with E-state index in [0.717, 1.165) is 39.1 Å². The number of para-hydroxylation sites is 1. The van der Waals surface area contributed by atoms with Crippen LogP contribution < -0.4 is 15.5 Å². The number of nitrogens with one attached hydrogen (secondary N) is 2. The number of rotatable bonds is 8. The Bertz CT molecular complexity index is 558. The molecule has 26 heavy (non-hydrogen) atoms. The Balaban J connectivity index is 1.66. The Kier molecular flexibility index (Phi) is 9.17. The molecule has 1 aliphatic rings. The summed E-state index contributed by atoms with van der Waals surface area (Å²) in [7, 11) is 1.74. The third-order valence-electron chi connectivity index (χ3n) is 4.45. The van der Waals surface area contributed by atoms with Crippen molar-refractivity contribution in [1.29, 1.82) is 0 Å². The van der Waals surface area contributed by atoms with Crippen molar-refractivity contribution in [3.63, 3.8) is 0 Å². The van der Waals surface area contributed by atoms with Gasteiger partial charge in [-0.2, -0.15) is 11.8 Å². The molecule has 0 bridgehead atoms. The van der Waals surface area contributed by atoms with E-state index in [2.05, 4.69) is 51.0 Å². The van der Waals surface area contributed by atoms with Gasteiger partial charge >= 0.3 is 0 Å². The van der Waals surface area contributed by atoms with Crippen LogP contribution in [0.1, 0.15) is 12.8 Å². The molecular weight excluding hydrogens is 346 g/mol. The largest absolute Gasteiger partial charge is 0.368 e. The zero-order valence-electron chi connectivity index (χ0n) is 15.9. The number of amides is 1. The van der Waals surface area contributed by atoms with Gasteiger partial charge in [0.2, 0.25) is 5.91 Å². The molecule has 0 spiro atoms. The van der Waals surface area contributed by atoms with E-state index < -0.39 is 0 Å². The monoisotopic (exact) mass is 377 g/mol. The van der Waals surface area contributed by atoms with Gasteiger partial charge in [0.15, 0.2) is 5.96 Å². The second-order valence-corrected chi connectivity index (χ2v) is 7.24. The number of guanidine groups is 1. The summed E-state index contributed by atoms with van der Waals surface area (Å²) in [6.45, 7) is 4.43. The topological polar surface area (TPSA) is 60.0 Å². The Labute approximate surface area is 161 Å². The van der Waals surface area contributed by atoms with Gasteiger partial charge in [0.25, 0.3) is 0 Å². The zero-order valence-corrected chi connectivity index (χ0v) is 16.7. The Morgan fingerprint density at radius 1 is 1.12 bits per heavy atom. The number of carbonyl (C=O) groups is 1. The van der Waals surface area contributed by atoms with Gasteiger partial charge < -0.3 is 20.4 Å². The van der Waals surface area contributed by atoms with Crippen molar-refractivity contribution in [2.45, 2.75) is 12.8 Å². The molecule has 0 aliphatic carbocycles. The van der Waals surface area contributed by atoms with Crippen molar-refractivity contribution in [1.82, 2.24) is 15.5 Å². The molecule has 1 aliphatic heterocycles. The second-order valence-electron chi connectivity index (χ2n) is 6.26. The first-order valence-electron chi connectivity index (χ1n) is 9.26. The fraction of sp³-hybridized carbons (Fsp3) is 0.579. The maximum Gasteiger partial charge on any atom is 0.242 e. The van der Waals surface area contributed by atoms with Gasteiger partial charge in [-0.1, -0.05) is 18.2 Å². The summed E-state index contributed by atoms with van der Waals surface area (Å²) in [5.41, 5.74) is 1.23. The quantitative estimate of drug-likeness (QED) is 0.410. The van der Waals surface area contributed by atoms with Crippen LogP contribution in [-0.2, 0) is 4.79 Å². The highest BCUT2D eigenvalue weighted by atomic mass is 32.2. The summed E-state index contributed by atoms with van der Waals surface area (Å²) < 4.78 is 0. The van der Waals surface area contributed by atoms with E-state index in [4.69, 9.17) is 0 Å². The molecule has 1 amide bonds. The van der Waals surface area contributed by atoms with Gasteiger partial charge in [-0.3, -0.25) is 9.79 Å². The van der Waals surface area contributed by atoms with Crippen LogP contribution in [0.2, 0.25) is 0 Å². The number of benzene rings is 1. The maximum atomic E-state index is 12.4. The van der Waals surface area contributed by atoms with Crippen LogP contribution in [-0.4, -0.2) is 75.1 Å². The van der Waals surface area contributed by atoms with Crippen LogP contribution in [0, 0.1) is 0 Å². The van der Waals surface area contributed by atoms with Crippen LogP contribution in [0.4, 0.5) is 5.69 Å². The SMILES string of the molecule is CN=C(NCCCCSC)NCC(=O)N1CCN(c2ccccc2)CC1. The van der Waals surface area contributed by atoms with E-state index in [9.17, 15) is 4.79 Å². The molecular formula is C19H31N5OS. The van der Waals surface area contributed by atoms with Gasteiger partial charge in [0.05, 0.1) is 6.54 Å². The first kappa shape index (κ1) is 20.4. The number of carbonyl (C=O) groups excluding carboxylic acids is 1. The molecule has 0 saturated carbocycles. The molecule has 144 valence electrons. The van der Waals surface area contributed by atoms with Gasteiger partial charge in [-0.05, 0) is 37.0 Å². The van der Waals surface area contributed by atoms with Crippen LogP contribution in [0.15, 0.2) is 35.3 Å². The van der Waals surface area contributed by atoms with E-state index in [0.29, 0.717) is 5.96 Å². The third-order valence-corrected chi connectivity index (χ3v) is 5.15. The van der Waals surface area contributed by atoms with Crippen molar-refractivity contribution < 1.29 is 4.79 Å². The molecule has 2 N–H and O–H groups in total. The number of anilines is 1. The lowest BCUT2D eigenvalue weighted by Gasteiger charge is -2.36. The number of hydrogen-bond acceptors (Lipinski definition) is 4. The minimum Gasteiger partial charge on any atom is -0.368 e. The number of aliphatic imine (C=N–C) groups is 1. The van der Waals surface area contributed by atoms with Crippen LogP contribution in [0.5, 0.6) is 0 Å². The molecule has 1 saturated heterocycles. The summed E-state index contributed by atoms with van der Waals surface area (Å²) in [6, 6.07) is 10.4. The van der Waals surface area contributed by atoms with Gasteiger partial charge in [0.1, 0.15) is 0 Å². The molecule has 0 radical (unpaired) electrons. The average molecular weight is 378 g/mol. The molecule has 0 atom stereocenters. The first-order chi connectivity index (χ1) is 12.7. The standard InChI is InChI=1S/C19H31N5OS/c1-20-19(21-10-6-7-15-26-2)22-16-18(25)24-13-11-23(12-14-24)17-8-4-3-5-9-17/h3-5,8-9H,6-7,10-16H2,1-2H3,(H2,20,21,22). The number of nitrogens with zero attached hydrogens (tertiary/aromatic N) is 3. The normalized spacial score (nSPS) is 15.1. The summed E-state index contributed by atoms with van der Waals surface area (Å²) in [4.78, 5) is 20.9. The average Bonchev–Trinajstić information content (AvgIpc) is 2.70. The highest BCUT2D eigenvalue weighted by Gasteiger charge is 2.21. The Morgan fingerprint density at radius 3 is 2.50 bits per heavy atom. The number of thioether (sulfide) groups is 1. The van der Waals surface area contributed by atoms with Crippen molar-refractivity contribution in [3.05, 3.63) is 30.3 Å². The van der Waals surface area contributed by atoms with E-state index in [1.165, 1.54) is 17.9 Å². The summed E-state index contributed by atoms with van der Waals surface area (Å²) in [6.07, 6.45) is 4.42. The minimum absolute atomic E-state index is 0.128. The molecule has 0 aromatic heterocycles. The van der Waals surface area contributed by atoms with Crippen molar-refractivity contribution in [2.24, 2.45) is 4.99 Å². The number of unbranched alkanes of at least 4 members (excludes halogenated alkanes) is 1. The van der Waals surface area contributed by atoms with E-state index >= 15 is 0 Å². The number of hydrogen-bond donors (Lipinski definition) is 2. The predicted octanol–water partition coefficient (Wildman–Crippen LogP) is 1.64. The fourth-order valence-electron chi connectivity index (χ4n) is 2.92. The maximum absolute atomic E-state index is 12.4. The van der Waals surface area contributed by atoms with Crippen molar-refractivity contribution in [2.75, 3.05) is 63.2 Å². The second kappa shape index (κ2) is 11.7. The predicted molar refractivity (Wildman–Crippen MR) is 112 cm³/mol. The summed E-state index contributed by atoms with van der Waals surface area (Å²) >= 11 is 1.87. The molecule has 1 aromatic carbocycles. The van der Waals surface area contributed by atoms with Crippen LogP contribution >= 0.6 is 11.8 Å². The Morgan fingerprint density at radius 2 is 1.85 bits per heavy atom. The van der Waals surface area contributed by atoms with Crippen molar-refractivity contribution in [3.8, 4) is 0 Å². The third kappa shape index (κ3) is 6.78. The lowest BCUT2D eigenvalue weighted by atomic mass is 10.2. The van der Waals surface area contributed by atoms with E-state index in [1.54, 1.807) is 7.05 Å². The smallest absolute Gasteiger partial charge is 0.242 e. The highest BCUT2D eigenvalue weighted by molar-refractivity contribution is 7.98. The molecule has 2 rings (SSSR count). The van der Waals surface area contributed by atoms with Gasteiger partial charge in [0, 0.05) is 45.5 Å². The van der Waals surface area contributed by atoms with Gasteiger partial charge in [-0.15, -0.1) is 0 Å². The fourth-order valence-corrected chi connectivity index (χ4v) is 3.42. The molecule has 0 unspecified atom stereocenters. The lowest BCUT2D eigenvalue weighted by molar-refractivity contribution is -0.130. The molecule has 7 heteroatoms. The Hall–Kier alpha value is -1.89. The molecule has 1 aromatic rings. The summed E-state index contributed by atoms with van der Waals surface area (Å²) in [5.74, 6) is 2.01. The van der Waals surface area contributed by atoms with Crippen LogP contribution in [0.25, 0.3) is 0 Å². The highest BCUT2D eigenvalue weighted by Crippen LogP contribution is 2.15. The summed E-state index contributed by atoms with van der Waals surface area (Å²) in [5, 5.41) is 6.39. The van der Waals surface area contributed by atoms with Crippen molar-refractivity contribution >= 4 is 29.3 Å². The van der Waals surface area contributed by atoms with E-state index in [-0.39, 0.29) is 12.5 Å². The molecule has 6 nitrogen and oxygen atoms in total. The molecule has 1 fully saturated rings. The lowest BCUT2D eigenvalue weighted by Crippen LogP contribution is -2.52. The van der Waals surface area contributed by atoms with Crippen LogP contribution in [0.3, 0.4) is 0 Å². The zero-order chi connectivity index (χ0) is 18.6. The van der Waals surface area contributed by atoms with Gasteiger partial charge in [-0.25, -0.2) is 0 Å². The van der Waals surface area contributed by atoms with E-state index in [1.807, 2.05) is 22.7 Å².